The van der Waals surface area contributed by atoms with Crippen molar-refractivity contribution in [3.8, 4) is 33.8 Å². The molecule has 69 heavy (non-hydrogen) atoms. The van der Waals surface area contributed by atoms with Crippen LogP contribution in [0.15, 0.2) is 256 Å². The molecule has 1 atom stereocenters. The molecule has 14 rings (SSSR count). The Kier molecular flexibility index (Phi) is 8.87. The fraction of sp³-hybridized carbons (Fsp3) is 0.0312. The zero-order chi connectivity index (χ0) is 45.4. The lowest BCUT2D eigenvalue weighted by molar-refractivity contribution is 0.487. The van der Waals surface area contributed by atoms with Gasteiger partial charge in [-0.05, 0) is 119 Å². The summed E-state index contributed by atoms with van der Waals surface area (Å²) in [6.07, 6.45) is 13.7. The standard InChI is InChI=1S/C64H40N2O3/c1-3-14-41(15-4-1)43-28-32-46(33-29-43)65(56-24-12-22-53-50-19-7-9-26-58(50)68-63(53)56)48-36-37-60-55(39-48)52-21-11-18-45-38-49(40-61(67-60)62(45)52)66(47-34-30-44(31-35-47)42-16-5-2-6-17-42)57-25-13-23-54-51-20-8-10-27-59(51)69-64(54)57/h2-3,5-32,34-40,46H,33H2. The zero-order valence-electron chi connectivity index (χ0n) is 37.3. The molecular formula is C64H40N2O3. The third-order valence-electron chi connectivity index (χ3n) is 13.8. The Balaban J connectivity index is 0.907. The molecule has 3 aliphatic rings. The molecule has 0 spiro atoms. The number of ether oxygens (including phenoxy) is 1. The molecule has 1 aliphatic heterocycles. The van der Waals surface area contributed by atoms with Crippen LogP contribution < -0.4 is 14.5 Å². The van der Waals surface area contributed by atoms with Crippen molar-refractivity contribution in [3.63, 3.8) is 0 Å². The monoisotopic (exact) mass is 884 g/mol. The molecular weight excluding hydrogens is 845 g/mol. The second-order valence-electron chi connectivity index (χ2n) is 17.8. The Hall–Kier alpha value is -9.24. The van der Waals surface area contributed by atoms with Crippen molar-refractivity contribution in [1.82, 2.24) is 0 Å². The first-order chi connectivity index (χ1) is 34.2. The predicted octanol–water partition coefficient (Wildman–Crippen LogP) is 17.7. The first-order valence-electron chi connectivity index (χ1n) is 23.4. The van der Waals surface area contributed by atoms with Gasteiger partial charge in [-0.2, -0.15) is 0 Å². The van der Waals surface area contributed by atoms with Gasteiger partial charge in [0.2, 0.25) is 0 Å². The Morgan fingerprint density at radius 2 is 1.17 bits per heavy atom. The van der Waals surface area contributed by atoms with Gasteiger partial charge in [0, 0.05) is 49.9 Å². The Labute approximate surface area is 398 Å². The molecule has 3 heterocycles. The predicted molar refractivity (Wildman–Crippen MR) is 283 cm³/mol. The first kappa shape index (κ1) is 39.0. The van der Waals surface area contributed by atoms with E-state index < -0.39 is 0 Å². The number of benzene rings is 9. The highest BCUT2D eigenvalue weighted by molar-refractivity contribution is 6.12. The van der Waals surface area contributed by atoms with Gasteiger partial charge >= 0.3 is 0 Å². The van der Waals surface area contributed by atoms with E-state index in [1.54, 1.807) is 0 Å². The minimum absolute atomic E-state index is 0.00367. The SMILES string of the molecule is C1=C=CC(C2=CCC(N(c3ccc4c(c3)-c3cccc5cc(N(c6ccc(-c7ccccc7)cc6)c6cccc7c6oc6ccccc67)cc(c35)O4)c3cccc4c3oc3ccccc34)C=C2)=CC=1. The summed E-state index contributed by atoms with van der Waals surface area (Å²) in [5.41, 5.74) is 21.3. The van der Waals surface area contributed by atoms with E-state index in [2.05, 4.69) is 209 Å². The largest absolute Gasteiger partial charge is 0.456 e. The second kappa shape index (κ2) is 15.7. The van der Waals surface area contributed by atoms with Crippen molar-refractivity contribution in [2.75, 3.05) is 9.80 Å². The lowest BCUT2D eigenvalue weighted by atomic mass is 9.92. The molecule has 2 aromatic heterocycles. The molecule has 0 radical (unpaired) electrons. The minimum Gasteiger partial charge on any atom is -0.456 e. The van der Waals surface area contributed by atoms with Crippen molar-refractivity contribution in [2.45, 2.75) is 12.5 Å². The third-order valence-corrected chi connectivity index (χ3v) is 13.8. The molecule has 5 nitrogen and oxygen atoms in total. The number of nitrogens with zero attached hydrogens (tertiary/aromatic N) is 2. The lowest BCUT2D eigenvalue weighted by Gasteiger charge is -2.34. The molecule has 324 valence electrons. The first-order valence-corrected chi connectivity index (χ1v) is 23.4. The number of fused-ring (bicyclic) bond motifs is 8. The van der Waals surface area contributed by atoms with E-state index in [0.717, 1.165) is 123 Å². The summed E-state index contributed by atoms with van der Waals surface area (Å²) in [5, 5.41) is 6.50. The normalized spacial score (nSPS) is 14.6. The summed E-state index contributed by atoms with van der Waals surface area (Å²) in [6.45, 7) is 0. The number of para-hydroxylation sites is 4. The maximum atomic E-state index is 7.07. The molecule has 0 saturated heterocycles. The number of furan rings is 2. The van der Waals surface area contributed by atoms with E-state index in [4.69, 9.17) is 13.6 Å². The fourth-order valence-corrected chi connectivity index (χ4v) is 10.6. The van der Waals surface area contributed by atoms with Crippen LogP contribution in [0.4, 0.5) is 28.4 Å². The highest BCUT2D eigenvalue weighted by Crippen LogP contribution is 2.52. The quantitative estimate of drug-likeness (QED) is 0.142. The van der Waals surface area contributed by atoms with Crippen LogP contribution in [0.5, 0.6) is 11.5 Å². The minimum atomic E-state index is 0.00367. The van der Waals surface area contributed by atoms with Gasteiger partial charge in [0.05, 0.1) is 23.1 Å². The number of anilines is 5. The second-order valence-corrected chi connectivity index (χ2v) is 17.8. The summed E-state index contributed by atoms with van der Waals surface area (Å²) in [6, 6.07) is 66.4. The molecule has 9 aromatic carbocycles. The number of allylic oxidation sites excluding steroid dienone is 6. The third kappa shape index (κ3) is 6.42. The topological polar surface area (TPSA) is 42.0 Å². The van der Waals surface area contributed by atoms with Crippen LogP contribution in [-0.2, 0) is 0 Å². The van der Waals surface area contributed by atoms with Gasteiger partial charge in [-0.3, -0.25) is 0 Å². The lowest BCUT2D eigenvalue weighted by Crippen LogP contribution is -2.30. The van der Waals surface area contributed by atoms with Gasteiger partial charge in [0.25, 0.3) is 0 Å². The van der Waals surface area contributed by atoms with Crippen molar-refractivity contribution in [1.29, 1.82) is 0 Å². The molecule has 5 heteroatoms. The molecule has 0 N–H and O–H groups in total. The molecule has 1 unspecified atom stereocenters. The molecule has 2 aliphatic carbocycles. The van der Waals surface area contributed by atoms with E-state index in [0.29, 0.717) is 0 Å². The smallest absolute Gasteiger partial charge is 0.159 e. The van der Waals surface area contributed by atoms with Crippen molar-refractivity contribution in [2.24, 2.45) is 0 Å². The van der Waals surface area contributed by atoms with Gasteiger partial charge < -0.3 is 23.4 Å². The van der Waals surface area contributed by atoms with Crippen LogP contribution in [0.25, 0.3) is 76.9 Å². The number of hydrogen-bond donors (Lipinski definition) is 0. The number of hydrogen-bond acceptors (Lipinski definition) is 5. The van der Waals surface area contributed by atoms with E-state index in [-0.39, 0.29) is 6.04 Å². The maximum absolute atomic E-state index is 7.07. The average molecular weight is 885 g/mol. The van der Waals surface area contributed by atoms with Gasteiger partial charge in [0.1, 0.15) is 22.7 Å². The van der Waals surface area contributed by atoms with Gasteiger partial charge in [-0.1, -0.05) is 151 Å². The summed E-state index contributed by atoms with van der Waals surface area (Å²) < 4.78 is 20.5. The van der Waals surface area contributed by atoms with Crippen molar-refractivity contribution < 1.29 is 13.6 Å². The van der Waals surface area contributed by atoms with Crippen LogP contribution in [0.1, 0.15) is 6.42 Å². The summed E-state index contributed by atoms with van der Waals surface area (Å²) >= 11 is 0. The van der Waals surface area contributed by atoms with Crippen LogP contribution in [-0.4, -0.2) is 6.04 Å². The van der Waals surface area contributed by atoms with Crippen LogP contribution in [0.3, 0.4) is 0 Å². The zero-order valence-corrected chi connectivity index (χ0v) is 37.3. The van der Waals surface area contributed by atoms with Crippen molar-refractivity contribution in [3.05, 3.63) is 247 Å². The molecule has 0 bridgehead atoms. The van der Waals surface area contributed by atoms with Crippen LogP contribution >= 0.6 is 0 Å². The highest BCUT2D eigenvalue weighted by atomic mass is 16.5. The highest BCUT2D eigenvalue weighted by Gasteiger charge is 2.29. The van der Waals surface area contributed by atoms with E-state index in [1.807, 2.05) is 36.4 Å². The molecule has 0 saturated carbocycles. The van der Waals surface area contributed by atoms with E-state index in [1.165, 1.54) is 11.1 Å². The van der Waals surface area contributed by atoms with Crippen LogP contribution in [0.2, 0.25) is 0 Å². The summed E-state index contributed by atoms with van der Waals surface area (Å²) in [7, 11) is 0. The fourth-order valence-electron chi connectivity index (χ4n) is 10.6. The molecule has 11 aromatic rings. The van der Waals surface area contributed by atoms with Crippen LogP contribution in [0, 0.1) is 0 Å². The van der Waals surface area contributed by atoms with Crippen molar-refractivity contribution >= 4 is 83.1 Å². The van der Waals surface area contributed by atoms with E-state index in [9.17, 15) is 0 Å². The van der Waals surface area contributed by atoms with Gasteiger partial charge in [0.15, 0.2) is 11.2 Å². The summed E-state index contributed by atoms with van der Waals surface area (Å²) in [5.74, 6) is 1.60. The Morgan fingerprint density at radius 3 is 1.91 bits per heavy atom. The van der Waals surface area contributed by atoms with E-state index >= 15 is 0 Å². The Morgan fingerprint density at radius 1 is 0.493 bits per heavy atom. The molecule has 0 fully saturated rings. The van der Waals surface area contributed by atoms with Gasteiger partial charge in [-0.15, -0.1) is 0 Å². The average Bonchev–Trinajstić information content (AvgIpc) is 4.00. The van der Waals surface area contributed by atoms with Gasteiger partial charge in [-0.25, -0.2) is 0 Å². The summed E-state index contributed by atoms with van der Waals surface area (Å²) in [4.78, 5) is 4.73. The molecule has 0 amide bonds. The maximum Gasteiger partial charge on any atom is 0.159 e. The Bertz CT molecular complexity index is 4120. The number of rotatable bonds is 8.